The molecule has 10 aromatic rings. The van der Waals surface area contributed by atoms with Crippen LogP contribution in [0.3, 0.4) is 0 Å². The van der Waals surface area contributed by atoms with Gasteiger partial charge in [0.15, 0.2) is 0 Å². The second kappa shape index (κ2) is 10.2. The van der Waals surface area contributed by atoms with Crippen LogP contribution in [-0.4, -0.2) is 9.13 Å². The Kier molecular flexibility index (Phi) is 5.64. The summed E-state index contributed by atoms with van der Waals surface area (Å²) in [5, 5.41) is 27.8. The predicted molar refractivity (Wildman–Crippen MR) is 197 cm³/mol. The molecular weight excluding hydrogens is 601 g/mol. The molecule has 0 aliphatic rings. The topological polar surface area (TPSA) is 70.6 Å². The molecule has 0 saturated heterocycles. The molecule has 0 N–H and O–H groups in total. The maximum Gasteiger partial charge on any atom is 0.145 e. The largest absolute Gasteiger partial charge is 0.455 e. The van der Waals surface area contributed by atoms with Crippen LogP contribution >= 0.6 is 0 Å². The van der Waals surface area contributed by atoms with E-state index in [2.05, 4.69) is 81.9 Å². The quantitative estimate of drug-likeness (QED) is 0.196. The Morgan fingerprint density at radius 3 is 1.86 bits per heavy atom. The monoisotopic (exact) mass is 624 g/mol. The van der Waals surface area contributed by atoms with Crippen LogP contribution in [0.15, 0.2) is 150 Å². The summed E-state index contributed by atoms with van der Waals surface area (Å²) in [5.74, 6) is 0. The van der Waals surface area contributed by atoms with Crippen LogP contribution in [0, 0.1) is 22.7 Å². The minimum atomic E-state index is 0.418. The number of hydrogen-bond acceptors (Lipinski definition) is 3. The Labute approximate surface area is 280 Å². The van der Waals surface area contributed by atoms with E-state index in [0.717, 1.165) is 76.7 Å². The standard InChI is InChI=1S/C44H24N4O/c45-25-29-19-22-39(35(26-46)43(29)48-36-15-7-4-12-30(36)31-13-5-8-16-37(31)48)47-38-21-18-28(27-10-2-1-3-11-27)24-34(38)42-40(47)23-20-33-32-14-6-9-17-41(32)49-44(33)42/h1-24H. The molecule has 0 aliphatic carbocycles. The molecule has 10 rings (SSSR count). The number of hydrogen-bond donors (Lipinski definition) is 0. The molecule has 0 amide bonds. The van der Waals surface area contributed by atoms with Crippen molar-refractivity contribution in [1.29, 1.82) is 10.5 Å². The lowest BCUT2D eigenvalue weighted by Crippen LogP contribution is -2.06. The van der Waals surface area contributed by atoms with Gasteiger partial charge in [-0.2, -0.15) is 10.5 Å². The van der Waals surface area contributed by atoms with Crippen LogP contribution < -0.4 is 0 Å². The number of fused-ring (bicyclic) bond motifs is 10. The van der Waals surface area contributed by atoms with Gasteiger partial charge >= 0.3 is 0 Å². The van der Waals surface area contributed by atoms with E-state index < -0.39 is 0 Å². The van der Waals surface area contributed by atoms with E-state index in [1.807, 2.05) is 84.9 Å². The minimum Gasteiger partial charge on any atom is -0.455 e. The second-order valence-electron chi connectivity index (χ2n) is 12.3. The lowest BCUT2D eigenvalue weighted by atomic mass is 10.0. The highest BCUT2D eigenvalue weighted by Gasteiger charge is 2.25. The Hall–Kier alpha value is -7.08. The summed E-state index contributed by atoms with van der Waals surface area (Å²) in [4.78, 5) is 0. The van der Waals surface area contributed by atoms with Gasteiger partial charge in [0.1, 0.15) is 28.9 Å². The number of furan rings is 1. The molecule has 49 heavy (non-hydrogen) atoms. The van der Waals surface area contributed by atoms with E-state index in [1.165, 1.54) is 0 Å². The van der Waals surface area contributed by atoms with Crippen molar-refractivity contribution in [3.63, 3.8) is 0 Å². The van der Waals surface area contributed by atoms with Gasteiger partial charge in [-0.05, 0) is 65.7 Å². The van der Waals surface area contributed by atoms with E-state index in [4.69, 9.17) is 4.42 Å². The SMILES string of the molecule is N#Cc1ccc(-n2c3ccc(-c4ccccc4)cc3c3c4oc5ccccc5c4ccc32)c(C#N)c1-n1c2ccccc2c2ccccc21. The van der Waals surface area contributed by atoms with Gasteiger partial charge in [-0.25, -0.2) is 0 Å². The molecule has 0 spiro atoms. The van der Waals surface area contributed by atoms with Crippen LogP contribution in [0.2, 0.25) is 0 Å². The van der Waals surface area contributed by atoms with Crippen molar-refractivity contribution in [2.75, 3.05) is 0 Å². The van der Waals surface area contributed by atoms with Gasteiger partial charge in [-0.15, -0.1) is 0 Å². The average Bonchev–Trinajstić information content (AvgIpc) is 3.82. The van der Waals surface area contributed by atoms with Crippen LogP contribution in [0.1, 0.15) is 11.1 Å². The first kappa shape index (κ1) is 27.1. The Balaban J connectivity index is 1.36. The summed E-state index contributed by atoms with van der Waals surface area (Å²) < 4.78 is 10.8. The van der Waals surface area contributed by atoms with E-state index in [9.17, 15) is 10.5 Å². The van der Waals surface area contributed by atoms with Crippen LogP contribution in [0.4, 0.5) is 0 Å². The molecule has 226 valence electrons. The lowest BCUT2D eigenvalue weighted by molar-refractivity contribution is 0.673. The number of nitrogens with zero attached hydrogens (tertiary/aromatic N) is 4. The highest BCUT2D eigenvalue weighted by atomic mass is 16.3. The summed E-state index contributed by atoms with van der Waals surface area (Å²) in [6.45, 7) is 0. The minimum absolute atomic E-state index is 0.418. The second-order valence-corrected chi connectivity index (χ2v) is 12.3. The van der Waals surface area contributed by atoms with E-state index >= 15 is 0 Å². The van der Waals surface area contributed by atoms with Gasteiger partial charge in [0.25, 0.3) is 0 Å². The van der Waals surface area contributed by atoms with Gasteiger partial charge in [-0.3, -0.25) is 0 Å². The molecule has 5 heteroatoms. The maximum atomic E-state index is 11.1. The fourth-order valence-corrected chi connectivity index (χ4v) is 7.72. The number of para-hydroxylation sites is 3. The summed E-state index contributed by atoms with van der Waals surface area (Å²) in [5.41, 5.74) is 9.69. The molecule has 0 atom stereocenters. The van der Waals surface area contributed by atoms with Gasteiger partial charge in [0, 0.05) is 26.9 Å². The molecule has 0 unspecified atom stereocenters. The molecule has 5 nitrogen and oxygen atoms in total. The Morgan fingerprint density at radius 2 is 1.12 bits per heavy atom. The van der Waals surface area contributed by atoms with Crippen LogP contribution in [0.5, 0.6) is 0 Å². The highest BCUT2D eigenvalue weighted by molar-refractivity contribution is 6.24. The normalized spacial score (nSPS) is 11.6. The van der Waals surface area contributed by atoms with Crippen molar-refractivity contribution in [1.82, 2.24) is 9.13 Å². The van der Waals surface area contributed by atoms with Crippen LogP contribution in [0.25, 0.3) is 88.1 Å². The van der Waals surface area contributed by atoms with E-state index in [-0.39, 0.29) is 0 Å². The molecule has 0 saturated carbocycles. The van der Waals surface area contributed by atoms with E-state index in [1.54, 1.807) is 0 Å². The average molecular weight is 625 g/mol. The number of benzene rings is 7. The summed E-state index contributed by atoms with van der Waals surface area (Å²) in [6, 6.07) is 54.2. The summed E-state index contributed by atoms with van der Waals surface area (Å²) >= 11 is 0. The molecule has 7 aromatic carbocycles. The predicted octanol–water partition coefficient (Wildman–Crippen LogP) is 11.2. The fourth-order valence-electron chi connectivity index (χ4n) is 7.72. The zero-order valence-corrected chi connectivity index (χ0v) is 26.1. The van der Waals surface area contributed by atoms with Gasteiger partial charge in [-0.1, -0.05) is 91.0 Å². The molecule has 3 heterocycles. The third-order valence-electron chi connectivity index (χ3n) is 9.81. The maximum absolute atomic E-state index is 11.1. The molecule has 0 fully saturated rings. The van der Waals surface area contributed by atoms with E-state index in [0.29, 0.717) is 22.5 Å². The van der Waals surface area contributed by atoms with Gasteiger partial charge < -0.3 is 13.6 Å². The smallest absolute Gasteiger partial charge is 0.145 e. The Morgan fingerprint density at radius 1 is 0.469 bits per heavy atom. The van der Waals surface area contributed by atoms with Crippen molar-refractivity contribution < 1.29 is 4.42 Å². The van der Waals surface area contributed by atoms with Crippen molar-refractivity contribution in [2.24, 2.45) is 0 Å². The molecule has 0 radical (unpaired) electrons. The third kappa shape index (κ3) is 3.73. The zero-order valence-electron chi connectivity index (χ0n) is 26.1. The van der Waals surface area contributed by atoms with Crippen molar-refractivity contribution in [2.45, 2.75) is 0 Å². The Bertz CT molecular complexity index is 3020. The summed E-state index contributed by atoms with van der Waals surface area (Å²) in [6.07, 6.45) is 0. The first-order chi connectivity index (χ1) is 24.2. The number of rotatable bonds is 3. The fraction of sp³-hybridized carbons (Fsp3) is 0. The first-order valence-corrected chi connectivity index (χ1v) is 16.1. The first-order valence-electron chi connectivity index (χ1n) is 16.1. The zero-order chi connectivity index (χ0) is 32.6. The highest BCUT2D eigenvalue weighted by Crippen LogP contribution is 2.43. The summed E-state index contributed by atoms with van der Waals surface area (Å²) in [7, 11) is 0. The van der Waals surface area contributed by atoms with Crippen LogP contribution in [-0.2, 0) is 0 Å². The third-order valence-corrected chi connectivity index (χ3v) is 9.81. The van der Waals surface area contributed by atoms with Gasteiger partial charge in [0.2, 0.25) is 0 Å². The van der Waals surface area contributed by atoms with Crippen molar-refractivity contribution in [3.8, 4) is 34.6 Å². The number of nitriles is 2. The van der Waals surface area contributed by atoms with Gasteiger partial charge in [0.05, 0.1) is 44.4 Å². The lowest BCUT2D eigenvalue weighted by Gasteiger charge is -2.17. The van der Waals surface area contributed by atoms with Crippen molar-refractivity contribution in [3.05, 3.63) is 157 Å². The number of aromatic nitrogens is 2. The molecule has 0 bridgehead atoms. The molecule has 0 aliphatic heterocycles. The molecular formula is C44H24N4O. The molecule has 3 aromatic heterocycles. The van der Waals surface area contributed by atoms with Crippen molar-refractivity contribution >= 4 is 65.6 Å².